The minimum absolute atomic E-state index is 0. The third kappa shape index (κ3) is 4.46. The first kappa shape index (κ1) is 11.0. The summed E-state index contributed by atoms with van der Waals surface area (Å²) in [5.74, 6) is 0. The first-order chi connectivity index (χ1) is 4.93. The summed E-state index contributed by atoms with van der Waals surface area (Å²) in [6, 6.07) is 10.7. The predicted molar refractivity (Wildman–Crippen MR) is 54.1 cm³/mol. The number of benzene rings is 1. The van der Waals surface area contributed by atoms with Crippen LogP contribution >= 0.6 is 12.4 Å². The topological polar surface area (TPSA) is 0 Å². The van der Waals surface area contributed by atoms with E-state index in [1.807, 2.05) is 6.08 Å². The van der Waals surface area contributed by atoms with Crippen molar-refractivity contribution in [3.05, 3.63) is 43.0 Å². The predicted octanol–water partition coefficient (Wildman–Crippen LogP) is 2.04. The molecule has 0 heterocycles. The zero-order valence-electron chi connectivity index (χ0n) is 6.49. The zero-order chi connectivity index (χ0) is 7.23. The van der Waals surface area contributed by atoms with Gasteiger partial charge in [-0.1, -0.05) is 30.3 Å². The van der Waals surface area contributed by atoms with E-state index < -0.39 is 0 Å². The molecule has 11 heavy (non-hydrogen) atoms. The van der Waals surface area contributed by atoms with E-state index in [1.54, 1.807) is 0 Å². The molecule has 0 spiro atoms. The first-order valence-electron chi connectivity index (χ1n) is 3.58. The molecule has 0 fully saturated rings. The van der Waals surface area contributed by atoms with Gasteiger partial charge in [-0.05, 0) is 0 Å². The summed E-state index contributed by atoms with van der Waals surface area (Å²) in [5.41, 5.74) is 0. The van der Waals surface area contributed by atoms with Gasteiger partial charge in [0.2, 0.25) is 0 Å². The maximum Gasteiger partial charge on any atom is 0.413 e. The van der Waals surface area contributed by atoms with Crippen LogP contribution in [0.4, 0.5) is 0 Å². The van der Waals surface area contributed by atoms with E-state index in [0.29, 0.717) is 0 Å². The average molecular weight is 179 g/mol. The van der Waals surface area contributed by atoms with E-state index in [1.165, 1.54) is 8.24 Å². The summed E-state index contributed by atoms with van der Waals surface area (Å²) in [7, 11) is 0. The number of rotatable bonds is 3. The summed E-state index contributed by atoms with van der Waals surface area (Å²) >= 11 is -0.0295. The Labute approximate surface area is 83.8 Å². The van der Waals surface area contributed by atoms with Gasteiger partial charge in [-0.25, -0.2) is 0 Å². The van der Waals surface area contributed by atoms with Crippen LogP contribution in [-0.2, 0) is 0 Å². The van der Waals surface area contributed by atoms with Crippen LogP contribution in [0.2, 0.25) is 4.55 Å². The number of hydrogen-bond acceptors (Lipinski definition) is 0. The molecule has 0 N–H and O–H groups in total. The van der Waals surface area contributed by atoms with Crippen molar-refractivity contribution in [2.75, 3.05) is 0 Å². The Morgan fingerprint density at radius 2 is 1.91 bits per heavy atom. The third-order valence-corrected chi connectivity index (χ3v) is 3.23. The molecule has 2 heteroatoms. The molecule has 0 amide bonds. The number of hydrogen-bond donors (Lipinski definition) is 0. The standard InChI is InChI=1S/C6H5.C3H5.ClH.Mg/c1-2-4-6-5-3-1;1-3-2;;/h1-5H;3H,1-2H2;1H;. The molecule has 0 bridgehead atoms. The maximum atomic E-state index is 3.71. The van der Waals surface area contributed by atoms with Gasteiger partial charge in [0, 0.05) is 0 Å². The van der Waals surface area contributed by atoms with Crippen molar-refractivity contribution in [1.29, 1.82) is 0 Å². The van der Waals surface area contributed by atoms with Crippen molar-refractivity contribution in [2.45, 2.75) is 4.55 Å². The molecule has 1 rings (SSSR count). The lowest BCUT2D eigenvalue weighted by atomic mass is 10.4. The quantitative estimate of drug-likeness (QED) is 0.491. The Morgan fingerprint density at radius 1 is 1.27 bits per heavy atom. The van der Waals surface area contributed by atoms with Gasteiger partial charge in [0.15, 0.2) is 0 Å². The Morgan fingerprint density at radius 3 is 2.45 bits per heavy atom. The minimum atomic E-state index is -0.0295. The Balaban J connectivity index is 0.000001000. The van der Waals surface area contributed by atoms with E-state index in [4.69, 9.17) is 0 Å². The molecule has 0 radical (unpaired) electrons. The van der Waals surface area contributed by atoms with Crippen LogP contribution in [-0.4, -0.2) is 20.4 Å². The molecule has 0 aliphatic carbocycles. The molecule has 1 aromatic carbocycles. The summed E-state index contributed by atoms with van der Waals surface area (Å²) in [4.78, 5) is 0. The lowest BCUT2D eigenvalue weighted by Crippen LogP contribution is -2.11. The van der Waals surface area contributed by atoms with Crippen LogP contribution in [0, 0.1) is 0 Å². The van der Waals surface area contributed by atoms with E-state index in [0.717, 1.165) is 0 Å². The van der Waals surface area contributed by atoms with Gasteiger partial charge in [0.25, 0.3) is 0 Å². The van der Waals surface area contributed by atoms with Crippen molar-refractivity contribution in [2.24, 2.45) is 0 Å². The fourth-order valence-corrected chi connectivity index (χ4v) is 2.06. The summed E-state index contributed by atoms with van der Waals surface area (Å²) < 4.78 is 2.74. The Kier molecular flexibility index (Phi) is 6.72. The largest absolute Gasteiger partial charge is 0.413 e. The summed E-state index contributed by atoms with van der Waals surface area (Å²) in [6.45, 7) is 3.71. The molecule has 0 unspecified atom stereocenters. The van der Waals surface area contributed by atoms with Gasteiger partial charge in [0.05, 0.1) is 0 Å². The molecule has 0 nitrogen and oxygen atoms in total. The van der Waals surface area contributed by atoms with Gasteiger partial charge in [-0.2, -0.15) is 3.69 Å². The lowest BCUT2D eigenvalue weighted by Gasteiger charge is -1.92. The SMILES string of the molecule is C=C[CH2][Mg][c]1ccccc1.Cl. The smallest absolute Gasteiger partial charge is 0.173 e. The summed E-state index contributed by atoms with van der Waals surface area (Å²) in [6.07, 6.45) is 2.01. The van der Waals surface area contributed by atoms with Crippen molar-refractivity contribution in [3.8, 4) is 0 Å². The molecule has 0 aliphatic heterocycles. The van der Waals surface area contributed by atoms with Gasteiger partial charge in [0.1, 0.15) is 0 Å². The van der Waals surface area contributed by atoms with Crippen molar-refractivity contribution >= 4 is 36.5 Å². The Bertz CT molecular complexity index is 196. The van der Waals surface area contributed by atoms with Crippen LogP contribution < -0.4 is 3.69 Å². The first-order valence-corrected chi connectivity index (χ1v) is 5.29. The van der Waals surface area contributed by atoms with Crippen LogP contribution in [0.15, 0.2) is 43.0 Å². The lowest BCUT2D eigenvalue weighted by molar-refractivity contribution is 1.69. The highest BCUT2D eigenvalue weighted by Gasteiger charge is 1.92. The molecular formula is C9H11ClMg. The highest BCUT2D eigenvalue weighted by molar-refractivity contribution is 6.53. The maximum absolute atomic E-state index is 3.71. The average Bonchev–Trinajstić information content (AvgIpc) is 2.03. The molecule has 0 atom stereocenters. The van der Waals surface area contributed by atoms with Crippen molar-refractivity contribution < 1.29 is 0 Å². The number of halogens is 1. The van der Waals surface area contributed by atoms with Gasteiger partial charge >= 0.3 is 20.4 Å². The van der Waals surface area contributed by atoms with Crippen LogP contribution in [0.3, 0.4) is 0 Å². The second-order valence-corrected chi connectivity index (χ2v) is 4.21. The summed E-state index contributed by atoms with van der Waals surface area (Å²) in [5, 5.41) is 0. The fraction of sp³-hybridized carbons (Fsp3) is 0.111. The van der Waals surface area contributed by atoms with Gasteiger partial charge in [-0.15, -0.1) is 29.6 Å². The van der Waals surface area contributed by atoms with Gasteiger partial charge < -0.3 is 0 Å². The van der Waals surface area contributed by atoms with E-state index in [9.17, 15) is 0 Å². The molecule has 0 saturated heterocycles. The van der Waals surface area contributed by atoms with E-state index in [2.05, 4.69) is 36.9 Å². The molecular weight excluding hydrogens is 168 g/mol. The highest BCUT2D eigenvalue weighted by Crippen LogP contribution is 1.84. The Hall–Kier alpha value is 0.0162. The molecule has 1 aromatic rings. The van der Waals surface area contributed by atoms with Crippen molar-refractivity contribution in [3.63, 3.8) is 0 Å². The molecule has 56 valence electrons. The van der Waals surface area contributed by atoms with E-state index in [-0.39, 0.29) is 32.8 Å². The zero-order valence-corrected chi connectivity index (χ0v) is 8.72. The van der Waals surface area contributed by atoms with Crippen LogP contribution in [0.25, 0.3) is 0 Å². The normalized spacial score (nSPS) is 7.64. The van der Waals surface area contributed by atoms with Crippen molar-refractivity contribution in [1.82, 2.24) is 0 Å². The van der Waals surface area contributed by atoms with E-state index >= 15 is 0 Å². The van der Waals surface area contributed by atoms with Gasteiger partial charge in [-0.3, -0.25) is 0 Å². The second-order valence-electron chi connectivity index (χ2n) is 2.31. The minimum Gasteiger partial charge on any atom is -0.173 e. The molecule has 0 aromatic heterocycles. The monoisotopic (exact) mass is 178 g/mol. The number of allylic oxidation sites excluding steroid dienone is 1. The molecule has 0 saturated carbocycles. The third-order valence-electron chi connectivity index (χ3n) is 1.48. The fourth-order valence-electron chi connectivity index (χ4n) is 0.913. The van der Waals surface area contributed by atoms with Crippen LogP contribution in [0.1, 0.15) is 0 Å². The second kappa shape index (κ2) is 6.71. The highest BCUT2D eigenvalue weighted by atomic mass is 35.5. The van der Waals surface area contributed by atoms with Crippen LogP contribution in [0.5, 0.6) is 0 Å². The molecule has 0 aliphatic rings.